The molecule has 0 aliphatic carbocycles. The summed E-state index contributed by atoms with van der Waals surface area (Å²) in [6, 6.07) is 5.70. The minimum atomic E-state index is -3.03. The Kier molecular flexibility index (Phi) is 8.17. The summed E-state index contributed by atoms with van der Waals surface area (Å²) in [6.45, 7) is -1.58. The minimum absolute atomic E-state index is 0.0388. The number of halogens is 2. The van der Waals surface area contributed by atoms with Crippen molar-refractivity contribution < 1.29 is 27.8 Å². The molecule has 2 aromatic rings. The van der Waals surface area contributed by atoms with Crippen LogP contribution in [-0.2, 0) is 4.79 Å². The van der Waals surface area contributed by atoms with Crippen LogP contribution < -0.4 is 20.1 Å². The fourth-order valence-electron chi connectivity index (χ4n) is 2.10. The van der Waals surface area contributed by atoms with E-state index in [0.29, 0.717) is 10.8 Å². The Hall–Kier alpha value is -2.91. The number of benzene rings is 1. The van der Waals surface area contributed by atoms with Crippen LogP contribution in [0.25, 0.3) is 0 Å². The van der Waals surface area contributed by atoms with Crippen LogP contribution in [-0.4, -0.2) is 42.8 Å². The summed E-state index contributed by atoms with van der Waals surface area (Å²) in [5.41, 5.74) is 0.810. The first kappa shape index (κ1) is 22.4. The molecule has 1 aromatic heterocycles. The standard InChI is InChI=1S/C17H16F2N4O4S2/c1-9-15(28-6-5-20)29-17(22-9)23-13(24)8-21-14(25)10-3-4-11(27-16(18)19)12(7-10)26-2/h3-4,7,16H,6,8H2,1-2H3,(H,21,25)(H,22,23,24). The Bertz CT molecular complexity index is 931. The van der Waals surface area contributed by atoms with E-state index >= 15 is 0 Å². The van der Waals surface area contributed by atoms with Crippen LogP contribution in [0.2, 0.25) is 0 Å². The highest BCUT2D eigenvalue weighted by atomic mass is 32.2. The number of thiazole rings is 1. The number of aryl methyl sites for hydroxylation is 1. The number of carbonyl (C=O) groups excluding carboxylic acids is 2. The first-order valence-corrected chi connectivity index (χ1v) is 9.82. The van der Waals surface area contributed by atoms with E-state index in [1.165, 1.54) is 48.4 Å². The van der Waals surface area contributed by atoms with Crippen molar-refractivity contribution in [1.82, 2.24) is 10.3 Å². The van der Waals surface area contributed by atoms with Gasteiger partial charge < -0.3 is 20.1 Å². The molecule has 2 N–H and O–H groups in total. The Morgan fingerprint density at radius 1 is 1.38 bits per heavy atom. The highest BCUT2D eigenvalue weighted by Gasteiger charge is 2.16. The monoisotopic (exact) mass is 442 g/mol. The van der Waals surface area contributed by atoms with Gasteiger partial charge in [0, 0.05) is 5.56 Å². The Labute approximate surface area is 173 Å². The smallest absolute Gasteiger partial charge is 0.387 e. The highest BCUT2D eigenvalue weighted by molar-refractivity contribution is 8.01. The number of aromatic nitrogens is 1. The molecule has 0 saturated carbocycles. The van der Waals surface area contributed by atoms with E-state index in [1.807, 2.05) is 6.07 Å². The van der Waals surface area contributed by atoms with Crippen molar-refractivity contribution >= 4 is 40.0 Å². The lowest BCUT2D eigenvalue weighted by molar-refractivity contribution is -0.115. The molecule has 0 atom stereocenters. The van der Waals surface area contributed by atoms with E-state index in [2.05, 4.69) is 20.4 Å². The number of carbonyl (C=O) groups is 2. The van der Waals surface area contributed by atoms with Gasteiger partial charge in [0.05, 0.1) is 35.4 Å². The Morgan fingerprint density at radius 3 is 2.79 bits per heavy atom. The number of nitrogens with zero attached hydrogens (tertiary/aromatic N) is 2. The van der Waals surface area contributed by atoms with Gasteiger partial charge in [-0.15, -0.1) is 0 Å². The first-order valence-electron chi connectivity index (χ1n) is 8.02. The summed E-state index contributed by atoms with van der Waals surface area (Å²) in [6.07, 6.45) is 0. The molecule has 0 aliphatic rings. The van der Waals surface area contributed by atoms with E-state index in [-0.39, 0.29) is 29.4 Å². The van der Waals surface area contributed by atoms with Gasteiger partial charge in [0.1, 0.15) is 0 Å². The average Bonchev–Trinajstić information content (AvgIpc) is 3.03. The molecule has 0 fully saturated rings. The van der Waals surface area contributed by atoms with Crippen LogP contribution in [0.5, 0.6) is 11.5 Å². The lowest BCUT2D eigenvalue weighted by atomic mass is 10.2. The summed E-state index contributed by atoms with van der Waals surface area (Å²) in [5, 5.41) is 14.0. The highest BCUT2D eigenvalue weighted by Crippen LogP contribution is 2.32. The molecule has 0 unspecified atom stereocenters. The molecule has 154 valence electrons. The molecule has 2 rings (SSSR count). The van der Waals surface area contributed by atoms with E-state index in [9.17, 15) is 18.4 Å². The third-order valence-electron chi connectivity index (χ3n) is 3.32. The number of nitrogens with one attached hydrogen (secondary N) is 2. The third-order valence-corrected chi connectivity index (χ3v) is 5.62. The van der Waals surface area contributed by atoms with Crippen LogP contribution in [0, 0.1) is 18.3 Å². The SMILES string of the molecule is COc1cc(C(=O)NCC(=O)Nc2nc(C)c(SCC#N)s2)ccc1OC(F)F. The largest absolute Gasteiger partial charge is 0.493 e. The third kappa shape index (κ3) is 6.58. The fraction of sp³-hybridized carbons (Fsp3) is 0.294. The van der Waals surface area contributed by atoms with Crippen molar-refractivity contribution in [3.05, 3.63) is 29.5 Å². The van der Waals surface area contributed by atoms with Gasteiger partial charge in [-0.1, -0.05) is 23.1 Å². The number of hydrogen-bond acceptors (Lipinski definition) is 8. The molecule has 0 aliphatic heterocycles. The second kappa shape index (κ2) is 10.6. The van der Waals surface area contributed by atoms with Gasteiger partial charge in [-0.25, -0.2) is 4.98 Å². The molecular formula is C17H16F2N4O4S2. The fourth-order valence-corrected chi connectivity index (χ4v) is 3.91. The molecule has 1 heterocycles. The second-order valence-corrected chi connectivity index (χ2v) is 7.56. The number of rotatable bonds is 9. The lowest BCUT2D eigenvalue weighted by Gasteiger charge is -2.11. The van der Waals surface area contributed by atoms with Gasteiger partial charge in [0.15, 0.2) is 16.6 Å². The molecule has 0 saturated heterocycles. The number of amides is 2. The van der Waals surface area contributed by atoms with Crippen LogP contribution in [0.15, 0.2) is 22.4 Å². The maximum Gasteiger partial charge on any atom is 0.387 e. The number of nitriles is 1. The van der Waals surface area contributed by atoms with Gasteiger partial charge in [-0.3, -0.25) is 9.59 Å². The van der Waals surface area contributed by atoms with Crippen molar-refractivity contribution in [2.24, 2.45) is 0 Å². The first-order chi connectivity index (χ1) is 13.8. The summed E-state index contributed by atoms with van der Waals surface area (Å²) >= 11 is 2.56. The molecule has 8 nitrogen and oxygen atoms in total. The number of thioether (sulfide) groups is 1. The Balaban J connectivity index is 1.93. The van der Waals surface area contributed by atoms with E-state index in [1.54, 1.807) is 6.92 Å². The van der Waals surface area contributed by atoms with E-state index in [0.717, 1.165) is 4.21 Å². The molecular weight excluding hydrogens is 426 g/mol. The van der Waals surface area contributed by atoms with Gasteiger partial charge >= 0.3 is 6.61 Å². The summed E-state index contributed by atoms with van der Waals surface area (Å²) in [4.78, 5) is 28.4. The second-order valence-electron chi connectivity index (χ2n) is 5.31. The summed E-state index contributed by atoms with van der Waals surface area (Å²) in [5.74, 6) is -1.06. The zero-order valence-corrected chi connectivity index (χ0v) is 17.0. The van der Waals surface area contributed by atoms with E-state index < -0.39 is 18.4 Å². The normalized spacial score (nSPS) is 10.3. The van der Waals surface area contributed by atoms with Crippen LogP contribution in [0.3, 0.4) is 0 Å². The van der Waals surface area contributed by atoms with Crippen molar-refractivity contribution in [1.29, 1.82) is 5.26 Å². The van der Waals surface area contributed by atoms with Crippen LogP contribution >= 0.6 is 23.1 Å². The summed E-state index contributed by atoms with van der Waals surface area (Å²) in [7, 11) is 1.25. The molecule has 12 heteroatoms. The summed E-state index contributed by atoms with van der Waals surface area (Å²) < 4.78 is 34.8. The molecule has 1 aromatic carbocycles. The van der Waals surface area contributed by atoms with Crippen molar-refractivity contribution in [3.8, 4) is 17.6 Å². The topological polar surface area (TPSA) is 113 Å². The van der Waals surface area contributed by atoms with Gasteiger partial charge in [-0.05, 0) is 25.1 Å². The van der Waals surface area contributed by atoms with Gasteiger partial charge in [0.25, 0.3) is 5.91 Å². The predicted octanol–water partition coefficient (Wildman–Crippen LogP) is 3.05. The van der Waals surface area contributed by atoms with Crippen molar-refractivity contribution in [2.75, 3.05) is 24.7 Å². The number of hydrogen-bond donors (Lipinski definition) is 2. The van der Waals surface area contributed by atoms with Crippen LogP contribution in [0.4, 0.5) is 13.9 Å². The number of anilines is 1. The zero-order chi connectivity index (χ0) is 21.4. The van der Waals surface area contributed by atoms with Gasteiger partial charge in [-0.2, -0.15) is 14.0 Å². The molecule has 2 amide bonds. The Morgan fingerprint density at radius 2 is 2.14 bits per heavy atom. The predicted molar refractivity (Wildman–Crippen MR) is 104 cm³/mol. The number of alkyl halides is 2. The molecule has 0 bridgehead atoms. The quantitative estimate of drug-likeness (QED) is 0.574. The maximum absolute atomic E-state index is 12.4. The number of methoxy groups -OCH3 is 1. The lowest BCUT2D eigenvalue weighted by Crippen LogP contribution is -2.32. The molecule has 0 radical (unpaired) electrons. The average molecular weight is 442 g/mol. The van der Waals surface area contributed by atoms with Crippen molar-refractivity contribution in [3.63, 3.8) is 0 Å². The number of ether oxygens (including phenoxy) is 2. The maximum atomic E-state index is 12.4. The van der Waals surface area contributed by atoms with Crippen LogP contribution in [0.1, 0.15) is 16.1 Å². The molecule has 0 spiro atoms. The molecule has 29 heavy (non-hydrogen) atoms. The minimum Gasteiger partial charge on any atom is -0.493 e. The van der Waals surface area contributed by atoms with E-state index in [4.69, 9.17) is 10.00 Å². The van der Waals surface area contributed by atoms with Crippen molar-refractivity contribution in [2.45, 2.75) is 17.7 Å². The van der Waals surface area contributed by atoms with Gasteiger partial charge in [0.2, 0.25) is 5.91 Å². The zero-order valence-electron chi connectivity index (χ0n) is 15.3.